The van der Waals surface area contributed by atoms with Crippen molar-refractivity contribution in [3.8, 4) is 11.4 Å². The Morgan fingerprint density at radius 2 is 2.00 bits per heavy atom. The molecule has 1 fully saturated rings. The Kier molecular flexibility index (Phi) is 7.08. The van der Waals surface area contributed by atoms with E-state index in [2.05, 4.69) is 20.5 Å². The highest BCUT2D eigenvalue weighted by molar-refractivity contribution is 7.99. The number of anilines is 1. The van der Waals surface area contributed by atoms with Crippen molar-refractivity contribution < 1.29 is 17.9 Å². The minimum absolute atomic E-state index is 0.0961. The van der Waals surface area contributed by atoms with Crippen LogP contribution in [0.15, 0.2) is 52.8 Å². The second-order valence-corrected chi connectivity index (χ2v) is 10.3. The molecule has 1 amide bonds. The van der Waals surface area contributed by atoms with Gasteiger partial charge in [-0.2, -0.15) is 4.31 Å². The number of ether oxygens (including phenoxy) is 1. The number of amides is 1. The van der Waals surface area contributed by atoms with Crippen LogP contribution in [-0.2, 0) is 26.6 Å². The number of morpholine rings is 1. The number of pyridine rings is 1. The summed E-state index contributed by atoms with van der Waals surface area (Å²) in [5.74, 6) is 0.483. The molecule has 1 N–H and O–H groups in total. The van der Waals surface area contributed by atoms with Gasteiger partial charge in [0.05, 0.1) is 23.9 Å². The van der Waals surface area contributed by atoms with Gasteiger partial charge in [0, 0.05) is 43.8 Å². The third-order valence-electron chi connectivity index (χ3n) is 5.18. The molecule has 4 rings (SSSR count). The molecule has 0 spiro atoms. The number of rotatable bonds is 7. The number of sulfonamides is 1. The van der Waals surface area contributed by atoms with Crippen LogP contribution in [-0.4, -0.2) is 70.4 Å². The molecule has 0 atom stereocenters. The molecule has 0 bridgehead atoms. The number of nitrogens with zero attached hydrogens (tertiary/aromatic N) is 5. The van der Waals surface area contributed by atoms with Crippen molar-refractivity contribution >= 4 is 33.4 Å². The van der Waals surface area contributed by atoms with Crippen LogP contribution in [0.4, 0.5) is 5.69 Å². The molecule has 174 valence electrons. The van der Waals surface area contributed by atoms with Crippen molar-refractivity contribution in [1.29, 1.82) is 0 Å². The molecule has 1 aromatic carbocycles. The predicted octanol–water partition coefficient (Wildman–Crippen LogP) is 1.94. The highest BCUT2D eigenvalue weighted by Gasteiger charge is 2.27. The van der Waals surface area contributed by atoms with E-state index in [0.717, 1.165) is 11.1 Å². The maximum absolute atomic E-state index is 12.9. The van der Waals surface area contributed by atoms with Gasteiger partial charge >= 0.3 is 0 Å². The lowest BCUT2D eigenvalue weighted by Gasteiger charge is -2.26. The molecule has 12 heteroatoms. The van der Waals surface area contributed by atoms with Gasteiger partial charge in [-0.05, 0) is 36.8 Å². The molecule has 3 aromatic rings. The third-order valence-corrected chi connectivity index (χ3v) is 8.09. The zero-order chi connectivity index (χ0) is 23.4. The average molecular weight is 489 g/mol. The number of benzene rings is 1. The zero-order valence-corrected chi connectivity index (χ0v) is 19.9. The van der Waals surface area contributed by atoms with Crippen molar-refractivity contribution in [3.63, 3.8) is 0 Å². The summed E-state index contributed by atoms with van der Waals surface area (Å²) in [6.45, 7) is 3.18. The van der Waals surface area contributed by atoms with E-state index in [1.165, 1.54) is 22.1 Å². The highest BCUT2D eigenvalue weighted by atomic mass is 32.2. The van der Waals surface area contributed by atoms with Crippen molar-refractivity contribution in [2.45, 2.75) is 17.0 Å². The van der Waals surface area contributed by atoms with Gasteiger partial charge in [0.15, 0.2) is 11.0 Å². The Bertz CT molecular complexity index is 1240. The van der Waals surface area contributed by atoms with E-state index < -0.39 is 10.0 Å². The minimum atomic E-state index is -3.65. The summed E-state index contributed by atoms with van der Waals surface area (Å²) in [4.78, 5) is 16.8. The molecule has 1 aliphatic heterocycles. The molecular formula is C21H24N6O4S2. The smallest absolute Gasteiger partial charge is 0.243 e. The quantitative estimate of drug-likeness (QED) is 0.501. The number of thioether (sulfide) groups is 1. The van der Waals surface area contributed by atoms with Crippen molar-refractivity contribution in [1.82, 2.24) is 24.1 Å². The van der Waals surface area contributed by atoms with Crippen molar-refractivity contribution in [3.05, 3.63) is 48.3 Å². The first-order chi connectivity index (χ1) is 15.9. The Balaban J connectivity index is 1.43. The zero-order valence-electron chi connectivity index (χ0n) is 18.3. The van der Waals surface area contributed by atoms with Gasteiger partial charge in [0.1, 0.15) is 0 Å². The fraction of sp³-hybridized carbons (Fsp3) is 0.333. The van der Waals surface area contributed by atoms with Gasteiger partial charge in [0.2, 0.25) is 15.9 Å². The lowest BCUT2D eigenvalue weighted by molar-refractivity contribution is -0.113. The lowest BCUT2D eigenvalue weighted by atomic mass is 10.2. The van der Waals surface area contributed by atoms with Crippen LogP contribution in [0.3, 0.4) is 0 Å². The fourth-order valence-corrected chi connectivity index (χ4v) is 5.48. The minimum Gasteiger partial charge on any atom is -0.379 e. The molecule has 2 aromatic heterocycles. The van der Waals surface area contributed by atoms with E-state index in [-0.39, 0.29) is 16.6 Å². The fourth-order valence-electron chi connectivity index (χ4n) is 3.34. The van der Waals surface area contributed by atoms with E-state index in [9.17, 15) is 13.2 Å². The number of hydrogen-bond donors (Lipinski definition) is 1. The van der Waals surface area contributed by atoms with E-state index in [0.29, 0.717) is 43.0 Å². The molecule has 1 saturated heterocycles. The number of nitrogens with one attached hydrogen (secondary N) is 1. The summed E-state index contributed by atoms with van der Waals surface area (Å²) >= 11 is 1.24. The normalized spacial score (nSPS) is 14.8. The van der Waals surface area contributed by atoms with Gasteiger partial charge in [-0.25, -0.2) is 8.42 Å². The summed E-state index contributed by atoms with van der Waals surface area (Å²) in [6.07, 6.45) is 3.38. The van der Waals surface area contributed by atoms with Gasteiger partial charge in [-0.15, -0.1) is 10.2 Å². The van der Waals surface area contributed by atoms with Crippen LogP contribution < -0.4 is 5.32 Å². The molecular weight excluding hydrogens is 464 g/mol. The molecule has 0 radical (unpaired) electrons. The van der Waals surface area contributed by atoms with E-state index in [1.54, 1.807) is 29.1 Å². The molecule has 3 heterocycles. The van der Waals surface area contributed by atoms with Gasteiger partial charge in [-0.3, -0.25) is 9.78 Å². The molecule has 0 saturated carbocycles. The van der Waals surface area contributed by atoms with Crippen LogP contribution >= 0.6 is 11.8 Å². The first kappa shape index (κ1) is 23.4. The van der Waals surface area contributed by atoms with Crippen molar-refractivity contribution in [2.75, 3.05) is 37.4 Å². The van der Waals surface area contributed by atoms with E-state index >= 15 is 0 Å². The first-order valence-corrected chi connectivity index (χ1v) is 12.7. The van der Waals surface area contributed by atoms with Crippen LogP contribution in [0.5, 0.6) is 0 Å². The second kappa shape index (κ2) is 10.00. The topological polar surface area (TPSA) is 119 Å². The van der Waals surface area contributed by atoms with Crippen LogP contribution in [0, 0.1) is 6.92 Å². The Morgan fingerprint density at radius 1 is 1.21 bits per heavy atom. The van der Waals surface area contributed by atoms with Crippen LogP contribution in [0.1, 0.15) is 5.56 Å². The molecule has 10 nitrogen and oxygen atoms in total. The molecule has 0 aliphatic carbocycles. The summed E-state index contributed by atoms with van der Waals surface area (Å²) in [5.41, 5.74) is 2.06. The van der Waals surface area contributed by atoms with Crippen LogP contribution in [0.25, 0.3) is 11.4 Å². The SMILES string of the molecule is Cc1ccc(S(=O)(=O)N2CCOCC2)cc1NC(=O)CSc1nnc(-c2cccnc2)n1C. The highest BCUT2D eigenvalue weighted by Crippen LogP contribution is 2.25. The summed E-state index contributed by atoms with van der Waals surface area (Å²) in [6, 6.07) is 8.47. The van der Waals surface area contributed by atoms with Gasteiger partial charge in [0.25, 0.3) is 0 Å². The molecule has 33 heavy (non-hydrogen) atoms. The third kappa shape index (κ3) is 5.24. The number of hydrogen-bond acceptors (Lipinski definition) is 8. The maximum atomic E-state index is 12.9. The van der Waals surface area contributed by atoms with E-state index in [1.807, 2.05) is 26.1 Å². The lowest BCUT2D eigenvalue weighted by Crippen LogP contribution is -2.40. The summed E-state index contributed by atoms with van der Waals surface area (Å²) in [5, 5.41) is 11.8. The van der Waals surface area contributed by atoms with Gasteiger partial charge < -0.3 is 14.6 Å². The second-order valence-electron chi connectivity index (χ2n) is 7.44. The maximum Gasteiger partial charge on any atom is 0.243 e. The number of carbonyl (C=O) groups excluding carboxylic acids is 1. The number of aryl methyl sites for hydroxylation is 1. The summed E-state index contributed by atoms with van der Waals surface area (Å²) < 4.78 is 34.3. The molecule has 1 aliphatic rings. The van der Waals surface area contributed by atoms with Gasteiger partial charge in [-0.1, -0.05) is 17.8 Å². The Morgan fingerprint density at radius 3 is 2.73 bits per heavy atom. The van der Waals surface area contributed by atoms with E-state index in [4.69, 9.17) is 4.74 Å². The monoisotopic (exact) mass is 488 g/mol. The largest absolute Gasteiger partial charge is 0.379 e. The van der Waals surface area contributed by atoms with Crippen LogP contribution in [0.2, 0.25) is 0 Å². The Hall–Kier alpha value is -2.80. The average Bonchev–Trinajstić information content (AvgIpc) is 3.20. The number of aromatic nitrogens is 4. The van der Waals surface area contributed by atoms with Crippen molar-refractivity contribution in [2.24, 2.45) is 7.05 Å². The number of carbonyl (C=O) groups is 1. The predicted molar refractivity (Wildman–Crippen MR) is 124 cm³/mol. The standard InChI is InChI=1S/C21H24N6O4S2/c1-15-5-6-17(33(29,30)27-8-10-31-11-9-27)12-18(15)23-19(28)14-32-21-25-24-20(26(21)2)16-4-3-7-22-13-16/h3-7,12-13H,8-11,14H2,1-2H3,(H,23,28). The first-order valence-electron chi connectivity index (χ1n) is 10.3. The Labute approximate surface area is 196 Å². The summed E-state index contributed by atoms with van der Waals surface area (Å²) in [7, 11) is -1.83. The molecule has 0 unspecified atom stereocenters.